The maximum atomic E-state index is 13.8. The largest absolute Gasteiger partial charge is 0.334 e. The number of halogens is 1. The first-order valence-corrected chi connectivity index (χ1v) is 7.24. The van der Waals surface area contributed by atoms with Gasteiger partial charge in [0.1, 0.15) is 11.6 Å². The highest BCUT2D eigenvalue weighted by Gasteiger charge is 2.17. The molecule has 0 aliphatic heterocycles. The number of hydrogen-bond donors (Lipinski definition) is 1. The fraction of sp³-hybridized carbons (Fsp3) is 0.438. The van der Waals surface area contributed by atoms with Gasteiger partial charge in [-0.2, -0.15) is 0 Å². The van der Waals surface area contributed by atoms with Crippen LogP contribution in [-0.4, -0.2) is 16.1 Å². The molecule has 1 atom stereocenters. The maximum Gasteiger partial charge on any atom is 0.126 e. The molecule has 0 fully saturated rings. The third-order valence-electron chi connectivity index (χ3n) is 3.36. The second-order valence-electron chi connectivity index (χ2n) is 4.88. The Morgan fingerprint density at radius 1 is 1.30 bits per heavy atom. The monoisotopic (exact) mass is 275 g/mol. The highest BCUT2D eigenvalue weighted by atomic mass is 19.1. The molecule has 108 valence electrons. The molecular weight excluding hydrogens is 253 g/mol. The Morgan fingerprint density at radius 2 is 2.10 bits per heavy atom. The number of rotatable bonds is 7. The SMILES string of the molecule is CCCn1ccnc1C(Cc1ccccc1F)NCC. The van der Waals surface area contributed by atoms with E-state index in [-0.39, 0.29) is 11.9 Å². The summed E-state index contributed by atoms with van der Waals surface area (Å²) in [5.41, 5.74) is 0.726. The lowest BCUT2D eigenvalue weighted by Gasteiger charge is -2.19. The summed E-state index contributed by atoms with van der Waals surface area (Å²) in [6.07, 6.45) is 5.48. The van der Waals surface area contributed by atoms with Crippen molar-refractivity contribution in [2.45, 2.75) is 39.3 Å². The van der Waals surface area contributed by atoms with Crippen LogP contribution < -0.4 is 5.32 Å². The molecule has 1 heterocycles. The van der Waals surface area contributed by atoms with Gasteiger partial charge < -0.3 is 9.88 Å². The lowest BCUT2D eigenvalue weighted by molar-refractivity contribution is 0.478. The molecule has 1 aromatic heterocycles. The minimum Gasteiger partial charge on any atom is -0.334 e. The smallest absolute Gasteiger partial charge is 0.126 e. The van der Waals surface area contributed by atoms with Gasteiger partial charge in [0.15, 0.2) is 0 Å². The van der Waals surface area contributed by atoms with E-state index in [1.807, 2.05) is 24.5 Å². The molecule has 0 aliphatic rings. The van der Waals surface area contributed by atoms with E-state index in [1.54, 1.807) is 6.07 Å². The van der Waals surface area contributed by atoms with Crippen molar-refractivity contribution in [1.29, 1.82) is 0 Å². The molecule has 2 aromatic rings. The summed E-state index contributed by atoms with van der Waals surface area (Å²) in [4.78, 5) is 4.46. The van der Waals surface area contributed by atoms with Crippen molar-refractivity contribution in [3.05, 3.63) is 53.9 Å². The molecule has 4 heteroatoms. The van der Waals surface area contributed by atoms with E-state index in [2.05, 4.69) is 28.7 Å². The Labute approximate surface area is 119 Å². The van der Waals surface area contributed by atoms with Crippen LogP contribution in [0.15, 0.2) is 36.7 Å². The molecule has 0 saturated carbocycles. The average molecular weight is 275 g/mol. The second-order valence-corrected chi connectivity index (χ2v) is 4.88. The first kappa shape index (κ1) is 14.7. The number of benzene rings is 1. The number of aromatic nitrogens is 2. The number of likely N-dealkylation sites (N-methyl/N-ethyl adjacent to an activating group) is 1. The van der Waals surface area contributed by atoms with Gasteiger partial charge in [-0.3, -0.25) is 0 Å². The Hall–Kier alpha value is -1.68. The number of nitrogens with zero attached hydrogens (tertiary/aromatic N) is 2. The van der Waals surface area contributed by atoms with Crippen LogP contribution in [0.1, 0.15) is 37.7 Å². The van der Waals surface area contributed by atoms with Crippen molar-refractivity contribution >= 4 is 0 Å². The van der Waals surface area contributed by atoms with Gasteiger partial charge in [-0.15, -0.1) is 0 Å². The van der Waals surface area contributed by atoms with Crippen LogP contribution >= 0.6 is 0 Å². The van der Waals surface area contributed by atoms with Crippen molar-refractivity contribution in [3.8, 4) is 0 Å². The summed E-state index contributed by atoms with van der Waals surface area (Å²) in [6, 6.07) is 6.99. The molecule has 20 heavy (non-hydrogen) atoms. The highest BCUT2D eigenvalue weighted by Crippen LogP contribution is 2.19. The minimum atomic E-state index is -0.149. The van der Waals surface area contributed by atoms with E-state index < -0.39 is 0 Å². The third kappa shape index (κ3) is 3.45. The summed E-state index contributed by atoms with van der Waals surface area (Å²) < 4.78 is 16.0. The van der Waals surface area contributed by atoms with Gasteiger partial charge >= 0.3 is 0 Å². The zero-order valence-electron chi connectivity index (χ0n) is 12.1. The fourth-order valence-electron chi connectivity index (χ4n) is 2.45. The van der Waals surface area contributed by atoms with Gasteiger partial charge in [-0.05, 0) is 31.0 Å². The predicted molar refractivity (Wildman–Crippen MR) is 79.0 cm³/mol. The molecule has 0 saturated heterocycles. The molecule has 0 radical (unpaired) electrons. The summed E-state index contributed by atoms with van der Waals surface area (Å²) in [6.45, 7) is 5.97. The number of aryl methyl sites for hydroxylation is 1. The zero-order chi connectivity index (χ0) is 14.4. The van der Waals surface area contributed by atoms with E-state index in [9.17, 15) is 4.39 Å². The molecule has 0 amide bonds. The molecule has 0 bridgehead atoms. The van der Waals surface area contributed by atoms with Gasteiger partial charge in [-0.25, -0.2) is 9.37 Å². The summed E-state index contributed by atoms with van der Waals surface area (Å²) in [5.74, 6) is 0.834. The standard InChI is InChI=1S/C16H22FN3/c1-3-10-20-11-9-19-16(20)15(18-4-2)12-13-7-5-6-8-14(13)17/h5-9,11,15,18H,3-4,10,12H2,1-2H3. The fourth-order valence-corrected chi connectivity index (χ4v) is 2.45. The van der Waals surface area contributed by atoms with Crippen molar-refractivity contribution in [2.75, 3.05) is 6.54 Å². The van der Waals surface area contributed by atoms with E-state index in [1.165, 1.54) is 6.07 Å². The van der Waals surface area contributed by atoms with Gasteiger partial charge in [0, 0.05) is 18.9 Å². The van der Waals surface area contributed by atoms with Crippen molar-refractivity contribution in [1.82, 2.24) is 14.9 Å². The number of imidazole rings is 1. The second kappa shape index (κ2) is 7.20. The molecule has 3 nitrogen and oxygen atoms in total. The molecule has 2 rings (SSSR count). The van der Waals surface area contributed by atoms with Crippen LogP contribution in [-0.2, 0) is 13.0 Å². The van der Waals surface area contributed by atoms with Gasteiger partial charge in [0.05, 0.1) is 6.04 Å². The summed E-state index contributed by atoms with van der Waals surface area (Å²) >= 11 is 0. The van der Waals surface area contributed by atoms with Crippen molar-refractivity contribution in [2.24, 2.45) is 0 Å². The summed E-state index contributed by atoms with van der Waals surface area (Å²) in [7, 11) is 0. The van der Waals surface area contributed by atoms with E-state index in [0.29, 0.717) is 6.42 Å². The zero-order valence-corrected chi connectivity index (χ0v) is 12.1. The first-order chi connectivity index (χ1) is 9.76. The van der Waals surface area contributed by atoms with Crippen molar-refractivity contribution < 1.29 is 4.39 Å². The molecular formula is C16H22FN3. The first-order valence-electron chi connectivity index (χ1n) is 7.24. The Morgan fingerprint density at radius 3 is 2.80 bits per heavy atom. The Kier molecular flexibility index (Phi) is 5.30. The average Bonchev–Trinajstić information content (AvgIpc) is 2.89. The van der Waals surface area contributed by atoms with E-state index in [0.717, 1.165) is 30.9 Å². The predicted octanol–water partition coefficient (Wildman–Crippen LogP) is 3.33. The van der Waals surface area contributed by atoms with Crippen LogP contribution in [0.4, 0.5) is 4.39 Å². The number of nitrogens with one attached hydrogen (secondary N) is 1. The van der Waals surface area contributed by atoms with Crippen LogP contribution in [0.3, 0.4) is 0 Å². The number of hydrogen-bond acceptors (Lipinski definition) is 2. The van der Waals surface area contributed by atoms with E-state index >= 15 is 0 Å². The Balaban J connectivity index is 2.22. The van der Waals surface area contributed by atoms with Crippen LogP contribution in [0, 0.1) is 5.82 Å². The molecule has 1 aromatic carbocycles. The van der Waals surface area contributed by atoms with Gasteiger partial charge in [-0.1, -0.05) is 32.0 Å². The lowest BCUT2D eigenvalue weighted by Crippen LogP contribution is -2.26. The molecule has 0 spiro atoms. The van der Waals surface area contributed by atoms with Crippen LogP contribution in [0.2, 0.25) is 0 Å². The molecule has 0 aliphatic carbocycles. The topological polar surface area (TPSA) is 29.9 Å². The van der Waals surface area contributed by atoms with Gasteiger partial charge in [0.2, 0.25) is 0 Å². The Bertz CT molecular complexity index is 536. The quantitative estimate of drug-likeness (QED) is 0.840. The van der Waals surface area contributed by atoms with Crippen LogP contribution in [0.25, 0.3) is 0 Å². The van der Waals surface area contributed by atoms with E-state index in [4.69, 9.17) is 0 Å². The lowest BCUT2D eigenvalue weighted by atomic mass is 10.0. The maximum absolute atomic E-state index is 13.8. The van der Waals surface area contributed by atoms with Crippen LogP contribution in [0.5, 0.6) is 0 Å². The van der Waals surface area contributed by atoms with Crippen molar-refractivity contribution in [3.63, 3.8) is 0 Å². The van der Waals surface area contributed by atoms with Gasteiger partial charge in [0.25, 0.3) is 0 Å². The minimum absolute atomic E-state index is 0.0402. The normalized spacial score (nSPS) is 12.6. The molecule has 1 N–H and O–H groups in total. The highest BCUT2D eigenvalue weighted by molar-refractivity contribution is 5.20. The summed E-state index contributed by atoms with van der Waals surface area (Å²) in [5, 5.41) is 3.41. The third-order valence-corrected chi connectivity index (χ3v) is 3.36. The molecule has 1 unspecified atom stereocenters.